The van der Waals surface area contributed by atoms with Crippen LogP contribution >= 0.6 is 0 Å². The van der Waals surface area contributed by atoms with Crippen LogP contribution in [0.3, 0.4) is 0 Å². The van der Waals surface area contributed by atoms with Gasteiger partial charge in [0.25, 0.3) is 0 Å². The van der Waals surface area contributed by atoms with Gasteiger partial charge in [-0.2, -0.15) is 8.42 Å². The van der Waals surface area contributed by atoms with Crippen LogP contribution in [0.4, 0.5) is 5.69 Å². The molecule has 1 radical (unpaired) electrons. The number of benzene rings is 1. The van der Waals surface area contributed by atoms with E-state index in [2.05, 4.69) is 5.43 Å². The quantitative estimate of drug-likeness (QED) is 0.397. The van der Waals surface area contributed by atoms with Gasteiger partial charge in [-0.1, -0.05) is 0 Å². The first-order valence-corrected chi connectivity index (χ1v) is 5.62. The Labute approximate surface area is 122 Å². The van der Waals surface area contributed by atoms with E-state index in [1.54, 1.807) is 17.0 Å². The van der Waals surface area contributed by atoms with Crippen LogP contribution in [0, 0.1) is 0 Å². The molecule has 0 aromatic heterocycles. The van der Waals surface area contributed by atoms with E-state index in [4.69, 9.17) is 14.0 Å². The zero-order valence-corrected chi connectivity index (χ0v) is 12.5. The molecule has 0 fully saturated rings. The summed E-state index contributed by atoms with van der Waals surface area (Å²) in [6.07, 6.45) is 0. The summed E-state index contributed by atoms with van der Waals surface area (Å²) < 4.78 is 39.3. The van der Waals surface area contributed by atoms with Crippen molar-refractivity contribution in [2.75, 3.05) is 19.6 Å². The predicted molar refractivity (Wildman–Crippen MR) is 63.6 cm³/mol. The van der Waals surface area contributed by atoms with E-state index in [0.717, 1.165) is 0 Å². The number of hydrogen-bond donors (Lipinski definition) is 3. The van der Waals surface area contributed by atoms with Gasteiger partial charge < -0.3 is 14.9 Å². The predicted octanol–water partition coefficient (Wildman–Crippen LogP) is 0.0423. The minimum Gasteiger partial charge on any atom is -0.493 e. The number of ether oxygens (including phenoxy) is 2. The van der Waals surface area contributed by atoms with Gasteiger partial charge in [0.2, 0.25) is 0 Å². The molecule has 17 heavy (non-hydrogen) atoms. The third-order valence-electron chi connectivity index (χ3n) is 1.71. The van der Waals surface area contributed by atoms with Gasteiger partial charge in [-0.15, -0.1) is 4.83 Å². The Morgan fingerprint density at radius 1 is 1.18 bits per heavy atom. The first-order valence-electron chi connectivity index (χ1n) is 4.18. The SMILES string of the molecule is COc1ccc(NNS(=O)(=O)O)cc1OC.[Na]. The standard InChI is InChI=1S/C8H12N2O5S.Na/c1-14-7-4-3-6(5-8(7)15-2)9-10-16(11,12)13;/h3-5,9-10H,1-2H3,(H,11,12,13);. The summed E-state index contributed by atoms with van der Waals surface area (Å²) in [4.78, 5) is 1.71. The number of hydrazine groups is 1. The van der Waals surface area contributed by atoms with Gasteiger partial charge >= 0.3 is 10.3 Å². The van der Waals surface area contributed by atoms with Crippen LogP contribution < -0.4 is 19.7 Å². The van der Waals surface area contributed by atoms with Crippen molar-refractivity contribution < 1.29 is 22.4 Å². The Bertz CT molecular complexity index is 465. The van der Waals surface area contributed by atoms with Gasteiger partial charge in [-0.25, -0.2) is 0 Å². The van der Waals surface area contributed by atoms with Gasteiger partial charge in [0.1, 0.15) is 0 Å². The molecule has 0 unspecified atom stereocenters. The molecule has 0 aliphatic heterocycles. The van der Waals surface area contributed by atoms with Crippen molar-refractivity contribution in [3.05, 3.63) is 18.2 Å². The number of rotatable bonds is 5. The van der Waals surface area contributed by atoms with E-state index in [-0.39, 0.29) is 29.6 Å². The smallest absolute Gasteiger partial charge is 0.350 e. The number of methoxy groups -OCH3 is 2. The first-order chi connectivity index (χ1) is 7.46. The summed E-state index contributed by atoms with van der Waals surface area (Å²) >= 11 is 0. The fourth-order valence-electron chi connectivity index (χ4n) is 1.04. The van der Waals surface area contributed by atoms with Crippen molar-refractivity contribution in [2.24, 2.45) is 0 Å². The van der Waals surface area contributed by atoms with E-state index in [1.807, 2.05) is 0 Å². The van der Waals surface area contributed by atoms with Crippen LogP contribution in [0.15, 0.2) is 18.2 Å². The van der Waals surface area contributed by atoms with E-state index >= 15 is 0 Å². The molecule has 0 heterocycles. The monoisotopic (exact) mass is 271 g/mol. The van der Waals surface area contributed by atoms with Gasteiger partial charge in [0, 0.05) is 35.6 Å². The normalized spacial score (nSPS) is 10.3. The van der Waals surface area contributed by atoms with E-state index in [1.165, 1.54) is 20.3 Å². The van der Waals surface area contributed by atoms with Crippen LogP contribution in [0.2, 0.25) is 0 Å². The molecule has 0 saturated carbocycles. The number of hydrogen-bond acceptors (Lipinski definition) is 5. The van der Waals surface area contributed by atoms with Crippen molar-refractivity contribution in [1.82, 2.24) is 4.83 Å². The van der Waals surface area contributed by atoms with E-state index < -0.39 is 10.3 Å². The Hall–Kier alpha value is -0.510. The molecule has 0 bridgehead atoms. The van der Waals surface area contributed by atoms with Gasteiger partial charge in [0.15, 0.2) is 11.5 Å². The molecule has 3 N–H and O–H groups in total. The zero-order valence-electron chi connectivity index (χ0n) is 9.72. The van der Waals surface area contributed by atoms with Gasteiger partial charge in [-0.3, -0.25) is 4.55 Å². The first kappa shape index (κ1) is 16.5. The average Bonchev–Trinajstić information content (AvgIpc) is 2.25. The van der Waals surface area contributed by atoms with Crippen LogP contribution in [0.5, 0.6) is 11.5 Å². The molecular weight excluding hydrogens is 259 g/mol. The summed E-state index contributed by atoms with van der Waals surface area (Å²) in [6, 6.07) is 4.66. The summed E-state index contributed by atoms with van der Waals surface area (Å²) in [5.74, 6) is 0.949. The molecule has 1 aromatic carbocycles. The Kier molecular flexibility index (Phi) is 6.83. The average molecular weight is 271 g/mol. The molecule has 7 nitrogen and oxygen atoms in total. The molecule has 0 spiro atoms. The second kappa shape index (κ2) is 7.04. The van der Waals surface area contributed by atoms with Crippen LogP contribution in [-0.2, 0) is 10.3 Å². The summed E-state index contributed by atoms with van der Waals surface area (Å²) in [5.41, 5.74) is 2.69. The van der Waals surface area contributed by atoms with Gasteiger partial charge in [0.05, 0.1) is 19.9 Å². The van der Waals surface area contributed by atoms with Crippen molar-refractivity contribution in [3.63, 3.8) is 0 Å². The van der Waals surface area contributed by atoms with Crippen LogP contribution in [-0.4, -0.2) is 56.7 Å². The van der Waals surface area contributed by atoms with Crippen molar-refractivity contribution >= 4 is 45.5 Å². The summed E-state index contributed by atoms with van der Waals surface area (Å²) in [5, 5.41) is 0. The molecule has 0 atom stereocenters. The van der Waals surface area contributed by atoms with E-state index in [9.17, 15) is 8.42 Å². The maximum absolute atomic E-state index is 10.4. The molecule has 1 aromatic rings. The van der Waals surface area contributed by atoms with Crippen molar-refractivity contribution in [1.29, 1.82) is 0 Å². The maximum Gasteiger partial charge on any atom is 0.350 e. The van der Waals surface area contributed by atoms with Crippen LogP contribution in [0.25, 0.3) is 0 Å². The fourth-order valence-corrected chi connectivity index (χ4v) is 1.28. The summed E-state index contributed by atoms with van der Waals surface area (Å²) in [7, 11) is -1.35. The third kappa shape index (κ3) is 5.57. The van der Waals surface area contributed by atoms with E-state index in [0.29, 0.717) is 17.2 Å². The molecule has 1 rings (SSSR count). The molecule has 0 saturated heterocycles. The third-order valence-corrected chi connectivity index (χ3v) is 2.07. The molecular formula is C8H12N2NaO5S. The van der Waals surface area contributed by atoms with Crippen LogP contribution in [0.1, 0.15) is 0 Å². The Balaban J connectivity index is 0.00000256. The Morgan fingerprint density at radius 2 is 1.76 bits per heavy atom. The van der Waals surface area contributed by atoms with Gasteiger partial charge in [-0.05, 0) is 12.1 Å². The summed E-state index contributed by atoms with van der Waals surface area (Å²) in [6.45, 7) is 0. The molecule has 0 aliphatic carbocycles. The molecule has 0 amide bonds. The topological polar surface area (TPSA) is 96.9 Å². The maximum atomic E-state index is 10.4. The largest absolute Gasteiger partial charge is 0.493 e. The van der Waals surface area contributed by atoms with Crippen molar-refractivity contribution in [2.45, 2.75) is 0 Å². The fraction of sp³-hybridized carbons (Fsp3) is 0.250. The Morgan fingerprint density at radius 3 is 2.24 bits per heavy atom. The molecule has 9 heteroatoms. The zero-order chi connectivity index (χ0) is 12.2. The molecule has 0 aliphatic rings. The second-order valence-corrected chi connectivity index (χ2v) is 3.93. The molecule has 91 valence electrons. The number of anilines is 1. The van der Waals surface area contributed by atoms with Crippen molar-refractivity contribution in [3.8, 4) is 11.5 Å². The minimum atomic E-state index is -4.29. The minimum absolute atomic E-state index is 0. The second-order valence-electron chi connectivity index (χ2n) is 2.77. The number of nitrogens with one attached hydrogen (secondary N) is 2.